The van der Waals surface area contributed by atoms with Gasteiger partial charge in [-0.15, -0.1) is 53.6 Å². The van der Waals surface area contributed by atoms with Gasteiger partial charge in [-0.3, -0.25) is 0 Å². The standard InChI is InChI=1S/C32H24NO.C20H28NSi.Ir/c1-21(2)25-18-19-33-30(20-25)29-13-7-12-28-27-11-6-10-26(31(27)34-32(28)29)24-16-14-23(15-17-24)22-8-4-3-5-9-22;1-14(2)16(4)18-12-19(17-11-9-8-10-15(17)3)21-13-20(18)22(5,6)7;/h3-12,14-21H,1-2H3;8-10,12-14,16H,1-7H3;/q2*-1;. The van der Waals surface area contributed by atoms with Gasteiger partial charge in [0.15, 0.2) is 0 Å². The summed E-state index contributed by atoms with van der Waals surface area (Å²) in [6, 6.07) is 49.0. The molecule has 1 atom stereocenters. The minimum absolute atomic E-state index is 0. The van der Waals surface area contributed by atoms with Gasteiger partial charge >= 0.3 is 0 Å². The van der Waals surface area contributed by atoms with Gasteiger partial charge in [0.05, 0.1) is 13.7 Å². The fourth-order valence-electron chi connectivity index (χ4n) is 7.36. The van der Waals surface area contributed by atoms with Crippen LogP contribution < -0.4 is 5.19 Å². The molecule has 1 radical (unpaired) electrons. The van der Waals surface area contributed by atoms with Gasteiger partial charge in [0, 0.05) is 43.4 Å². The predicted octanol–water partition coefficient (Wildman–Crippen LogP) is 14.1. The van der Waals surface area contributed by atoms with Crippen molar-refractivity contribution in [3.63, 3.8) is 0 Å². The maximum Gasteiger partial charge on any atom is 0.128 e. The van der Waals surface area contributed by atoms with E-state index < -0.39 is 8.07 Å². The van der Waals surface area contributed by atoms with Gasteiger partial charge in [0.25, 0.3) is 0 Å². The van der Waals surface area contributed by atoms with Crippen LogP contribution in [0.4, 0.5) is 0 Å². The zero-order chi connectivity index (χ0) is 39.6. The van der Waals surface area contributed by atoms with Crippen molar-refractivity contribution in [1.82, 2.24) is 9.97 Å². The first-order valence-electron chi connectivity index (χ1n) is 19.9. The molecule has 3 heterocycles. The molecule has 57 heavy (non-hydrogen) atoms. The molecular weight excluding hydrogens is 889 g/mol. The minimum Gasteiger partial charge on any atom is -0.500 e. The fourth-order valence-corrected chi connectivity index (χ4v) is 8.98. The van der Waals surface area contributed by atoms with Gasteiger partial charge in [0.2, 0.25) is 0 Å². The van der Waals surface area contributed by atoms with Gasteiger partial charge in [-0.1, -0.05) is 168 Å². The van der Waals surface area contributed by atoms with E-state index in [4.69, 9.17) is 9.40 Å². The maximum atomic E-state index is 6.57. The molecule has 0 amide bonds. The van der Waals surface area contributed by atoms with Crippen LogP contribution in [0.3, 0.4) is 0 Å². The molecule has 0 aliphatic rings. The smallest absolute Gasteiger partial charge is 0.128 e. The summed E-state index contributed by atoms with van der Waals surface area (Å²) >= 11 is 0. The van der Waals surface area contributed by atoms with Crippen LogP contribution >= 0.6 is 0 Å². The molecule has 0 fully saturated rings. The molecule has 0 aliphatic carbocycles. The van der Waals surface area contributed by atoms with Crippen molar-refractivity contribution in [1.29, 1.82) is 0 Å². The monoisotopic (exact) mass is 941 g/mol. The topological polar surface area (TPSA) is 38.9 Å². The summed E-state index contributed by atoms with van der Waals surface area (Å²) in [7, 11) is -1.40. The van der Waals surface area contributed by atoms with Gasteiger partial charge in [-0.25, -0.2) is 0 Å². The van der Waals surface area contributed by atoms with E-state index in [2.05, 4.69) is 182 Å². The van der Waals surface area contributed by atoms with Crippen LogP contribution in [-0.2, 0) is 20.1 Å². The first-order valence-corrected chi connectivity index (χ1v) is 23.4. The van der Waals surface area contributed by atoms with Crippen molar-refractivity contribution in [3.8, 4) is 44.8 Å². The molecule has 5 heteroatoms. The number of para-hydroxylation sites is 1. The molecule has 1 unspecified atom stereocenters. The first kappa shape index (κ1) is 41.7. The second-order valence-corrected chi connectivity index (χ2v) is 21.7. The zero-order valence-electron chi connectivity index (χ0n) is 34.6. The summed E-state index contributed by atoms with van der Waals surface area (Å²) in [5.41, 5.74) is 14.3. The molecule has 0 saturated heterocycles. The van der Waals surface area contributed by atoms with E-state index >= 15 is 0 Å². The molecule has 0 N–H and O–H groups in total. The van der Waals surface area contributed by atoms with E-state index in [0.29, 0.717) is 17.8 Å². The van der Waals surface area contributed by atoms with E-state index in [1.165, 1.54) is 33.0 Å². The van der Waals surface area contributed by atoms with Crippen molar-refractivity contribution in [2.75, 3.05) is 0 Å². The summed E-state index contributed by atoms with van der Waals surface area (Å²) in [6.07, 6.45) is 4.01. The molecule has 0 spiro atoms. The van der Waals surface area contributed by atoms with Gasteiger partial charge in [-0.05, 0) is 57.1 Å². The number of hydrogen-bond acceptors (Lipinski definition) is 3. The third-order valence-corrected chi connectivity index (χ3v) is 13.1. The van der Waals surface area contributed by atoms with Crippen LogP contribution in [0.15, 0.2) is 138 Å². The summed E-state index contributed by atoms with van der Waals surface area (Å²) in [6.45, 7) is 20.7. The molecule has 0 bridgehead atoms. The quantitative estimate of drug-likeness (QED) is 0.113. The SMILES string of the molecule is CC(C)c1ccnc(-c2[c-]ccc3c2oc2c(-c4ccc(-c5ccccc5)cc4)cccc23)c1.Cc1ccc[c-]c1-c1cc(C(C)C(C)C)c([Si](C)(C)C)cn1.[Ir]. The van der Waals surface area contributed by atoms with E-state index in [9.17, 15) is 0 Å². The molecule has 8 rings (SSSR count). The molecule has 291 valence electrons. The summed E-state index contributed by atoms with van der Waals surface area (Å²) in [5.74, 6) is 1.61. The van der Waals surface area contributed by atoms with Crippen LogP contribution in [0.2, 0.25) is 19.6 Å². The van der Waals surface area contributed by atoms with Crippen molar-refractivity contribution < 1.29 is 24.5 Å². The van der Waals surface area contributed by atoms with Crippen LogP contribution in [0.25, 0.3) is 66.7 Å². The number of nitrogens with zero attached hydrogens (tertiary/aromatic N) is 2. The van der Waals surface area contributed by atoms with Crippen molar-refractivity contribution in [2.24, 2.45) is 5.92 Å². The minimum atomic E-state index is -1.40. The fraction of sp³-hybridized carbons (Fsp3) is 0.231. The molecule has 5 aromatic carbocycles. The summed E-state index contributed by atoms with van der Waals surface area (Å²) in [5, 5.41) is 3.68. The number of aryl methyl sites for hydroxylation is 1. The van der Waals surface area contributed by atoms with Crippen LogP contribution in [-0.4, -0.2) is 18.0 Å². The Kier molecular flexibility index (Phi) is 12.9. The Bertz CT molecular complexity index is 2600. The number of hydrogen-bond donors (Lipinski definition) is 0. The Balaban J connectivity index is 0.000000208. The summed E-state index contributed by atoms with van der Waals surface area (Å²) < 4.78 is 6.57. The number of aromatic nitrogens is 2. The third-order valence-electron chi connectivity index (χ3n) is 11.0. The number of fused-ring (bicyclic) bond motifs is 3. The number of pyridine rings is 2. The Morgan fingerprint density at radius 3 is 1.96 bits per heavy atom. The van der Waals surface area contributed by atoms with Crippen LogP contribution in [0.5, 0.6) is 0 Å². The summed E-state index contributed by atoms with van der Waals surface area (Å²) in [4.78, 5) is 9.42. The molecule has 0 aliphatic heterocycles. The Morgan fingerprint density at radius 1 is 0.614 bits per heavy atom. The number of benzene rings is 5. The van der Waals surface area contributed by atoms with Crippen LogP contribution in [0, 0.1) is 25.0 Å². The third kappa shape index (κ3) is 8.97. The average Bonchev–Trinajstić information content (AvgIpc) is 3.60. The Hall–Kier alpha value is -4.93. The molecule has 3 aromatic heterocycles. The maximum absolute atomic E-state index is 6.57. The van der Waals surface area contributed by atoms with E-state index in [1.807, 2.05) is 30.5 Å². The van der Waals surface area contributed by atoms with E-state index in [0.717, 1.165) is 55.6 Å². The average molecular weight is 941 g/mol. The van der Waals surface area contributed by atoms with E-state index in [-0.39, 0.29) is 20.1 Å². The van der Waals surface area contributed by atoms with E-state index in [1.54, 1.807) is 0 Å². The van der Waals surface area contributed by atoms with Crippen molar-refractivity contribution >= 4 is 35.2 Å². The number of rotatable bonds is 8. The largest absolute Gasteiger partial charge is 0.500 e. The Morgan fingerprint density at radius 2 is 1.28 bits per heavy atom. The second kappa shape index (κ2) is 17.7. The molecule has 8 aromatic rings. The zero-order valence-corrected chi connectivity index (χ0v) is 38.0. The van der Waals surface area contributed by atoms with Crippen LogP contribution in [0.1, 0.15) is 63.1 Å². The van der Waals surface area contributed by atoms with Gasteiger partial charge < -0.3 is 14.4 Å². The Labute approximate surface area is 354 Å². The first-order chi connectivity index (χ1) is 26.9. The second-order valence-electron chi connectivity index (χ2n) is 16.6. The molecule has 0 saturated carbocycles. The van der Waals surface area contributed by atoms with Gasteiger partial charge in [0.1, 0.15) is 5.58 Å². The van der Waals surface area contributed by atoms with Crippen molar-refractivity contribution in [3.05, 3.63) is 163 Å². The molecular formula is C52H52IrN2OSi-2. The number of furan rings is 1. The predicted molar refractivity (Wildman–Crippen MR) is 240 cm³/mol. The van der Waals surface area contributed by atoms with Gasteiger partial charge in [-0.2, -0.15) is 0 Å². The van der Waals surface area contributed by atoms with Crippen molar-refractivity contribution in [2.45, 2.75) is 73.0 Å². The molecule has 3 nitrogen and oxygen atoms in total. The normalized spacial score (nSPS) is 12.1.